The summed E-state index contributed by atoms with van der Waals surface area (Å²) in [6.07, 6.45) is 2.86. The predicted octanol–water partition coefficient (Wildman–Crippen LogP) is 1.56. The highest BCUT2D eigenvalue weighted by atomic mass is 16.3. The Labute approximate surface area is 69.2 Å². The summed E-state index contributed by atoms with van der Waals surface area (Å²) < 4.78 is 0. The molecule has 0 radical (unpaired) electrons. The molecule has 0 rings (SSSR count). The third-order valence-electron chi connectivity index (χ3n) is 2.22. The second-order valence-electron chi connectivity index (χ2n) is 3.54. The van der Waals surface area contributed by atoms with Gasteiger partial charge < -0.3 is 10.2 Å². The first kappa shape index (κ1) is 10.9. The van der Waals surface area contributed by atoms with Crippen molar-refractivity contribution in [2.75, 3.05) is 6.61 Å². The van der Waals surface area contributed by atoms with Crippen LogP contribution < -0.4 is 0 Å². The molecule has 2 heteroatoms. The van der Waals surface area contributed by atoms with Crippen molar-refractivity contribution in [2.24, 2.45) is 5.92 Å². The molecule has 0 spiro atoms. The van der Waals surface area contributed by atoms with Crippen LogP contribution in [0.15, 0.2) is 0 Å². The number of rotatable bonds is 5. The van der Waals surface area contributed by atoms with Crippen LogP contribution in [0.2, 0.25) is 0 Å². The first-order chi connectivity index (χ1) is 5.05. The molecule has 0 heterocycles. The van der Waals surface area contributed by atoms with Crippen LogP contribution in [0.25, 0.3) is 0 Å². The van der Waals surface area contributed by atoms with Crippen molar-refractivity contribution in [3.63, 3.8) is 0 Å². The Kier molecular flexibility index (Phi) is 4.69. The Hall–Kier alpha value is -0.0800. The molecule has 0 aromatic rings. The maximum Gasteiger partial charge on any atom is 0.0852 e. The van der Waals surface area contributed by atoms with Gasteiger partial charge in [-0.3, -0.25) is 0 Å². The van der Waals surface area contributed by atoms with Crippen LogP contribution in [-0.4, -0.2) is 22.4 Å². The maximum atomic E-state index is 9.51. The fourth-order valence-corrected chi connectivity index (χ4v) is 1.26. The Morgan fingerprint density at radius 3 is 2.00 bits per heavy atom. The molecule has 0 aromatic carbocycles. The molecular formula is C9H20O2. The van der Waals surface area contributed by atoms with E-state index in [-0.39, 0.29) is 6.61 Å². The van der Waals surface area contributed by atoms with Gasteiger partial charge >= 0.3 is 0 Å². The summed E-state index contributed by atoms with van der Waals surface area (Å²) >= 11 is 0. The van der Waals surface area contributed by atoms with E-state index < -0.39 is 5.60 Å². The largest absolute Gasteiger partial charge is 0.393 e. The summed E-state index contributed by atoms with van der Waals surface area (Å²) in [7, 11) is 0. The van der Waals surface area contributed by atoms with Crippen LogP contribution in [-0.2, 0) is 0 Å². The summed E-state index contributed by atoms with van der Waals surface area (Å²) in [6, 6.07) is 0. The standard InChI is InChI=1S/C9H20O2/c1-4-8(5-2)6-9(3,11)7-10/h8,10-11H,4-7H2,1-3H3. The zero-order valence-electron chi connectivity index (χ0n) is 7.80. The van der Waals surface area contributed by atoms with Crippen LogP contribution in [0.1, 0.15) is 40.0 Å². The minimum Gasteiger partial charge on any atom is -0.393 e. The number of hydrogen-bond acceptors (Lipinski definition) is 2. The fraction of sp³-hybridized carbons (Fsp3) is 1.00. The van der Waals surface area contributed by atoms with Crippen molar-refractivity contribution < 1.29 is 10.2 Å². The average Bonchev–Trinajstić information content (AvgIpc) is 2.00. The molecule has 0 aromatic heterocycles. The van der Waals surface area contributed by atoms with Crippen LogP contribution in [0.3, 0.4) is 0 Å². The summed E-state index contributed by atoms with van der Waals surface area (Å²) in [5.41, 5.74) is -0.878. The third-order valence-corrected chi connectivity index (χ3v) is 2.22. The van der Waals surface area contributed by atoms with Crippen LogP contribution in [0.5, 0.6) is 0 Å². The second-order valence-corrected chi connectivity index (χ2v) is 3.54. The van der Waals surface area contributed by atoms with Crippen LogP contribution >= 0.6 is 0 Å². The van der Waals surface area contributed by atoms with E-state index in [1.807, 2.05) is 0 Å². The van der Waals surface area contributed by atoms with Crippen molar-refractivity contribution in [3.8, 4) is 0 Å². The summed E-state index contributed by atoms with van der Waals surface area (Å²) in [4.78, 5) is 0. The lowest BCUT2D eigenvalue weighted by Gasteiger charge is -2.25. The molecule has 0 aliphatic carbocycles. The van der Waals surface area contributed by atoms with Gasteiger partial charge in [0.15, 0.2) is 0 Å². The minimum atomic E-state index is -0.878. The van der Waals surface area contributed by atoms with Crippen LogP contribution in [0, 0.1) is 5.92 Å². The molecule has 0 saturated heterocycles. The fourth-order valence-electron chi connectivity index (χ4n) is 1.26. The smallest absolute Gasteiger partial charge is 0.0852 e. The van der Waals surface area contributed by atoms with E-state index >= 15 is 0 Å². The van der Waals surface area contributed by atoms with Crippen molar-refractivity contribution in [1.82, 2.24) is 0 Å². The molecule has 0 aliphatic rings. The average molecular weight is 160 g/mol. The molecule has 0 amide bonds. The normalized spacial score (nSPS) is 16.9. The van der Waals surface area contributed by atoms with E-state index in [1.165, 1.54) is 0 Å². The molecule has 2 nitrogen and oxygen atoms in total. The van der Waals surface area contributed by atoms with Gasteiger partial charge in [0.25, 0.3) is 0 Å². The summed E-state index contributed by atoms with van der Waals surface area (Å²) in [5, 5.41) is 18.3. The third kappa shape index (κ3) is 4.38. The molecule has 0 aliphatic heterocycles. The zero-order chi connectivity index (χ0) is 8.91. The first-order valence-electron chi connectivity index (χ1n) is 4.39. The van der Waals surface area contributed by atoms with Gasteiger partial charge in [0, 0.05) is 0 Å². The van der Waals surface area contributed by atoms with Gasteiger partial charge in [0.2, 0.25) is 0 Å². The molecule has 0 bridgehead atoms. The highest BCUT2D eigenvalue weighted by Crippen LogP contribution is 2.21. The molecule has 0 saturated carbocycles. The van der Waals surface area contributed by atoms with Gasteiger partial charge in [-0.2, -0.15) is 0 Å². The van der Waals surface area contributed by atoms with Crippen molar-refractivity contribution in [3.05, 3.63) is 0 Å². The minimum absolute atomic E-state index is 0.135. The Bertz CT molecular complexity index is 95.7. The highest BCUT2D eigenvalue weighted by Gasteiger charge is 2.22. The highest BCUT2D eigenvalue weighted by molar-refractivity contribution is 4.74. The molecule has 1 atom stereocenters. The summed E-state index contributed by atoms with van der Waals surface area (Å²) in [6.45, 7) is 5.78. The number of aliphatic hydroxyl groups excluding tert-OH is 1. The Morgan fingerprint density at radius 1 is 1.27 bits per heavy atom. The Balaban J connectivity index is 3.79. The quantitative estimate of drug-likeness (QED) is 0.640. The van der Waals surface area contributed by atoms with E-state index in [0.29, 0.717) is 12.3 Å². The second kappa shape index (κ2) is 4.73. The van der Waals surface area contributed by atoms with Crippen molar-refractivity contribution in [1.29, 1.82) is 0 Å². The molecule has 0 fully saturated rings. The van der Waals surface area contributed by atoms with Crippen molar-refractivity contribution in [2.45, 2.75) is 45.6 Å². The van der Waals surface area contributed by atoms with E-state index in [4.69, 9.17) is 5.11 Å². The predicted molar refractivity (Wildman–Crippen MR) is 46.4 cm³/mol. The Morgan fingerprint density at radius 2 is 1.73 bits per heavy atom. The summed E-state index contributed by atoms with van der Waals surface area (Å²) in [5.74, 6) is 0.539. The van der Waals surface area contributed by atoms with Crippen LogP contribution in [0.4, 0.5) is 0 Å². The van der Waals surface area contributed by atoms with Gasteiger partial charge in [0.05, 0.1) is 12.2 Å². The van der Waals surface area contributed by atoms with E-state index in [0.717, 1.165) is 12.8 Å². The van der Waals surface area contributed by atoms with E-state index in [1.54, 1.807) is 6.92 Å². The van der Waals surface area contributed by atoms with Gasteiger partial charge in [-0.15, -0.1) is 0 Å². The molecule has 2 N–H and O–H groups in total. The zero-order valence-corrected chi connectivity index (χ0v) is 7.80. The van der Waals surface area contributed by atoms with E-state index in [9.17, 15) is 5.11 Å². The lowest BCUT2D eigenvalue weighted by atomic mass is 9.89. The van der Waals surface area contributed by atoms with Gasteiger partial charge in [-0.05, 0) is 19.3 Å². The van der Waals surface area contributed by atoms with Gasteiger partial charge in [-0.25, -0.2) is 0 Å². The lowest BCUT2D eigenvalue weighted by molar-refractivity contribution is -0.0184. The number of hydrogen-bond donors (Lipinski definition) is 2. The van der Waals surface area contributed by atoms with E-state index in [2.05, 4.69) is 13.8 Å². The van der Waals surface area contributed by atoms with Gasteiger partial charge in [0.1, 0.15) is 0 Å². The SMILES string of the molecule is CCC(CC)CC(C)(O)CO. The molecule has 1 unspecified atom stereocenters. The number of aliphatic hydroxyl groups is 2. The maximum absolute atomic E-state index is 9.51. The molecule has 11 heavy (non-hydrogen) atoms. The van der Waals surface area contributed by atoms with Gasteiger partial charge in [-0.1, -0.05) is 26.7 Å². The topological polar surface area (TPSA) is 40.5 Å². The molecule has 68 valence electrons. The van der Waals surface area contributed by atoms with Crippen molar-refractivity contribution >= 4 is 0 Å². The monoisotopic (exact) mass is 160 g/mol. The lowest BCUT2D eigenvalue weighted by Crippen LogP contribution is -2.31. The molecular weight excluding hydrogens is 140 g/mol. The first-order valence-corrected chi connectivity index (χ1v) is 4.39.